The number of benzene rings is 2. The molecule has 2 rings (SSSR count). The van der Waals surface area contributed by atoms with Gasteiger partial charge in [0.05, 0.1) is 5.56 Å². The third-order valence-corrected chi connectivity index (χ3v) is 3.71. The maximum atomic E-state index is 12.5. The van der Waals surface area contributed by atoms with Crippen molar-refractivity contribution in [1.29, 1.82) is 0 Å². The van der Waals surface area contributed by atoms with E-state index in [0.717, 1.165) is 17.7 Å². The fourth-order valence-electron chi connectivity index (χ4n) is 1.96. The highest BCUT2D eigenvalue weighted by molar-refractivity contribution is 6.36. The maximum absolute atomic E-state index is 12.5. The molecule has 0 aliphatic heterocycles. The van der Waals surface area contributed by atoms with Crippen LogP contribution in [0.4, 0.5) is 13.2 Å². The quantitative estimate of drug-likeness (QED) is 0.614. The molecule has 0 radical (unpaired) electrons. The predicted octanol–water partition coefficient (Wildman–Crippen LogP) is 6.24. The van der Waals surface area contributed by atoms with Gasteiger partial charge in [-0.05, 0) is 47.4 Å². The molecule has 2 aromatic carbocycles. The molecule has 0 N–H and O–H groups in total. The van der Waals surface area contributed by atoms with Crippen LogP contribution in [-0.2, 0) is 12.6 Å². The summed E-state index contributed by atoms with van der Waals surface area (Å²) in [5, 5.41) is 1.05. The second kappa shape index (κ2) is 5.66. The van der Waals surface area contributed by atoms with Gasteiger partial charge >= 0.3 is 6.18 Å². The van der Waals surface area contributed by atoms with E-state index in [-0.39, 0.29) is 0 Å². The minimum absolute atomic E-state index is 0.523. The summed E-state index contributed by atoms with van der Waals surface area (Å²) in [6.07, 6.45) is -3.63. The van der Waals surface area contributed by atoms with Crippen LogP contribution in [0.5, 0.6) is 0 Å². The number of alkyl halides is 3. The van der Waals surface area contributed by atoms with Gasteiger partial charge in [-0.15, -0.1) is 0 Å². The van der Waals surface area contributed by atoms with Gasteiger partial charge < -0.3 is 0 Å². The van der Waals surface area contributed by atoms with Gasteiger partial charge in [0, 0.05) is 10.0 Å². The Kier molecular flexibility index (Phi) is 4.31. The zero-order valence-corrected chi connectivity index (χ0v) is 12.1. The summed E-state index contributed by atoms with van der Waals surface area (Å²) < 4.78 is 37.5. The zero-order chi connectivity index (χ0) is 14.9. The van der Waals surface area contributed by atoms with Gasteiger partial charge in [0.2, 0.25) is 0 Å². The van der Waals surface area contributed by atoms with E-state index in [9.17, 15) is 13.2 Å². The van der Waals surface area contributed by atoms with E-state index in [1.807, 2.05) is 6.92 Å². The van der Waals surface area contributed by atoms with Gasteiger partial charge in [0.25, 0.3) is 0 Å². The fraction of sp³-hybridized carbons (Fsp3) is 0.200. The largest absolute Gasteiger partial charge is 0.416 e. The normalized spacial score (nSPS) is 11.7. The summed E-state index contributed by atoms with van der Waals surface area (Å²) in [6, 6.07) is 8.35. The highest BCUT2D eigenvalue weighted by atomic mass is 35.5. The third-order valence-electron chi connectivity index (χ3n) is 3.04. The van der Waals surface area contributed by atoms with Crippen LogP contribution < -0.4 is 0 Å². The first-order valence-electron chi connectivity index (χ1n) is 5.98. The Morgan fingerprint density at radius 1 is 0.900 bits per heavy atom. The second-order valence-electron chi connectivity index (χ2n) is 4.35. The van der Waals surface area contributed by atoms with Crippen LogP contribution >= 0.6 is 23.2 Å². The van der Waals surface area contributed by atoms with Gasteiger partial charge in [-0.1, -0.05) is 42.3 Å². The van der Waals surface area contributed by atoms with Crippen LogP contribution in [0.25, 0.3) is 11.1 Å². The van der Waals surface area contributed by atoms with Crippen molar-refractivity contribution in [2.45, 2.75) is 19.5 Å². The Bertz CT molecular complexity index is 593. The van der Waals surface area contributed by atoms with Crippen molar-refractivity contribution >= 4 is 23.2 Å². The average Bonchev–Trinajstić information content (AvgIpc) is 2.37. The topological polar surface area (TPSA) is 0 Å². The smallest absolute Gasteiger partial charge is 0.166 e. The van der Waals surface area contributed by atoms with Crippen molar-refractivity contribution in [3.8, 4) is 11.1 Å². The third kappa shape index (κ3) is 3.10. The highest BCUT2D eigenvalue weighted by Gasteiger charge is 2.29. The molecule has 5 heteroatoms. The Balaban J connectivity index is 2.42. The van der Waals surface area contributed by atoms with E-state index in [1.54, 1.807) is 12.1 Å². The molecule has 20 heavy (non-hydrogen) atoms. The molecule has 0 aromatic heterocycles. The SMILES string of the molecule is CCc1c(Cl)cc(-c2ccc(C(F)(F)F)cc2)cc1Cl. The van der Waals surface area contributed by atoms with Gasteiger partial charge in [0.15, 0.2) is 0 Å². The molecule has 2 aromatic rings. The summed E-state index contributed by atoms with van der Waals surface area (Å²) in [5.74, 6) is 0. The van der Waals surface area contributed by atoms with E-state index in [2.05, 4.69) is 0 Å². The molecule has 0 unspecified atom stereocenters. The minimum Gasteiger partial charge on any atom is -0.166 e. The van der Waals surface area contributed by atoms with Crippen LogP contribution in [0.1, 0.15) is 18.1 Å². The van der Waals surface area contributed by atoms with Crippen molar-refractivity contribution in [2.75, 3.05) is 0 Å². The van der Waals surface area contributed by atoms with Gasteiger partial charge in [-0.2, -0.15) is 13.2 Å². The molecule has 0 bridgehead atoms. The van der Waals surface area contributed by atoms with E-state index >= 15 is 0 Å². The highest BCUT2D eigenvalue weighted by Crippen LogP contribution is 2.34. The molecule has 0 nitrogen and oxygen atoms in total. The van der Waals surface area contributed by atoms with Crippen molar-refractivity contribution in [1.82, 2.24) is 0 Å². The molecule has 0 spiro atoms. The first-order chi connectivity index (χ1) is 9.32. The predicted molar refractivity (Wildman–Crippen MR) is 76.3 cm³/mol. The lowest BCUT2D eigenvalue weighted by atomic mass is 10.0. The molecular weight excluding hydrogens is 308 g/mol. The standard InChI is InChI=1S/C15H11Cl2F3/c1-2-12-13(16)7-10(8-14(12)17)9-3-5-11(6-4-9)15(18,19)20/h3-8H,2H2,1H3. The minimum atomic E-state index is -4.33. The molecule has 0 amide bonds. The van der Waals surface area contributed by atoms with Crippen molar-refractivity contribution in [2.24, 2.45) is 0 Å². The van der Waals surface area contributed by atoms with Crippen LogP contribution in [0.3, 0.4) is 0 Å². The molecule has 0 saturated heterocycles. The van der Waals surface area contributed by atoms with E-state index in [4.69, 9.17) is 23.2 Å². The second-order valence-corrected chi connectivity index (χ2v) is 5.16. The van der Waals surface area contributed by atoms with Crippen molar-refractivity contribution < 1.29 is 13.2 Å². The van der Waals surface area contributed by atoms with Crippen LogP contribution in [0.15, 0.2) is 36.4 Å². The Labute approximate surface area is 125 Å². The summed E-state index contributed by atoms with van der Waals surface area (Å²) >= 11 is 12.2. The lowest BCUT2D eigenvalue weighted by Crippen LogP contribution is -2.04. The van der Waals surface area contributed by atoms with Crippen LogP contribution in [0, 0.1) is 0 Å². The summed E-state index contributed by atoms with van der Waals surface area (Å²) in [4.78, 5) is 0. The maximum Gasteiger partial charge on any atom is 0.416 e. The van der Waals surface area contributed by atoms with Gasteiger partial charge in [0.1, 0.15) is 0 Å². The number of hydrogen-bond donors (Lipinski definition) is 0. The molecule has 0 aliphatic rings. The van der Waals surface area contributed by atoms with Gasteiger partial charge in [-0.25, -0.2) is 0 Å². The van der Waals surface area contributed by atoms with Crippen molar-refractivity contribution in [3.63, 3.8) is 0 Å². The number of halogens is 5. The first-order valence-corrected chi connectivity index (χ1v) is 6.74. The molecule has 0 fully saturated rings. The fourth-order valence-corrected chi connectivity index (χ4v) is 2.71. The number of hydrogen-bond acceptors (Lipinski definition) is 0. The van der Waals surface area contributed by atoms with E-state index in [0.29, 0.717) is 27.6 Å². The summed E-state index contributed by atoms with van der Waals surface area (Å²) in [7, 11) is 0. The Hall–Kier alpha value is -1.19. The van der Waals surface area contributed by atoms with E-state index < -0.39 is 11.7 Å². The summed E-state index contributed by atoms with van der Waals surface area (Å²) in [6.45, 7) is 1.94. The first kappa shape index (κ1) is 15.2. The molecule has 0 heterocycles. The molecule has 0 aliphatic carbocycles. The Morgan fingerprint density at radius 3 is 1.80 bits per heavy atom. The monoisotopic (exact) mass is 318 g/mol. The zero-order valence-electron chi connectivity index (χ0n) is 10.6. The summed E-state index contributed by atoms with van der Waals surface area (Å²) in [5.41, 5.74) is 1.50. The van der Waals surface area contributed by atoms with Crippen molar-refractivity contribution in [3.05, 3.63) is 57.6 Å². The molecule has 106 valence electrons. The van der Waals surface area contributed by atoms with Crippen LogP contribution in [0.2, 0.25) is 10.0 Å². The number of rotatable bonds is 2. The lowest BCUT2D eigenvalue weighted by Gasteiger charge is -2.10. The molecule has 0 atom stereocenters. The molecule has 0 saturated carbocycles. The lowest BCUT2D eigenvalue weighted by molar-refractivity contribution is -0.137. The Morgan fingerprint density at radius 2 is 1.40 bits per heavy atom. The van der Waals surface area contributed by atoms with Crippen LogP contribution in [-0.4, -0.2) is 0 Å². The van der Waals surface area contributed by atoms with E-state index in [1.165, 1.54) is 12.1 Å². The van der Waals surface area contributed by atoms with Gasteiger partial charge in [-0.3, -0.25) is 0 Å². The molecular formula is C15H11Cl2F3. The average molecular weight is 319 g/mol.